The summed E-state index contributed by atoms with van der Waals surface area (Å²) >= 11 is 0. The largest absolute Gasteiger partial charge is 0.513 e. The Bertz CT molecular complexity index is 1150. The summed E-state index contributed by atoms with van der Waals surface area (Å²) in [4.78, 5) is 36.1. The molecule has 1 fully saturated rings. The third-order valence-electron chi connectivity index (χ3n) is 6.88. The van der Waals surface area contributed by atoms with Gasteiger partial charge in [-0.2, -0.15) is 0 Å². The lowest BCUT2D eigenvalue weighted by molar-refractivity contribution is -0.137. The number of ether oxygens (including phenoxy) is 5. The molecule has 0 heterocycles. The van der Waals surface area contributed by atoms with Crippen molar-refractivity contribution in [3.05, 3.63) is 65.7 Å². The number of rotatable bonds is 13. The van der Waals surface area contributed by atoms with E-state index in [4.69, 9.17) is 23.7 Å². The molecule has 8 nitrogen and oxygen atoms in total. The van der Waals surface area contributed by atoms with Gasteiger partial charge in [-0.25, -0.2) is 14.4 Å². The van der Waals surface area contributed by atoms with Gasteiger partial charge in [-0.1, -0.05) is 19.9 Å². The fourth-order valence-electron chi connectivity index (χ4n) is 5.01. The normalized spacial score (nSPS) is 16.9. The van der Waals surface area contributed by atoms with Crippen LogP contribution in [0.4, 0.5) is 4.79 Å². The quantitative estimate of drug-likeness (QED) is 0.0970. The maximum absolute atomic E-state index is 12.9. The van der Waals surface area contributed by atoms with Gasteiger partial charge < -0.3 is 23.7 Å². The summed E-state index contributed by atoms with van der Waals surface area (Å²) in [6, 6.07) is 10.2. The van der Waals surface area contributed by atoms with Gasteiger partial charge in [0, 0.05) is 17.2 Å². The van der Waals surface area contributed by atoms with Crippen molar-refractivity contribution in [1.82, 2.24) is 0 Å². The average molecular weight is 523 g/mol. The molecule has 0 amide bonds. The lowest BCUT2D eigenvalue weighted by Crippen LogP contribution is -2.15. The maximum atomic E-state index is 12.9. The summed E-state index contributed by atoms with van der Waals surface area (Å²) in [5, 5.41) is 0. The highest BCUT2D eigenvalue weighted by atomic mass is 16.7. The molecule has 8 heteroatoms. The smallest absolute Gasteiger partial charge is 0.494 e. The van der Waals surface area contributed by atoms with E-state index in [-0.39, 0.29) is 11.8 Å². The summed E-state index contributed by atoms with van der Waals surface area (Å²) in [6.45, 7) is 6.49. The number of benzene rings is 2. The van der Waals surface area contributed by atoms with Gasteiger partial charge in [-0.15, -0.1) is 0 Å². The first-order chi connectivity index (χ1) is 18.5. The zero-order valence-corrected chi connectivity index (χ0v) is 21.7. The van der Waals surface area contributed by atoms with Crippen LogP contribution in [0.5, 0.6) is 17.2 Å². The maximum Gasteiger partial charge on any atom is 0.513 e. The molecular weight excluding hydrogens is 488 g/mol. The Labute approximate surface area is 222 Å². The molecule has 38 heavy (non-hydrogen) atoms. The molecule has 2 aromatic carbocycles. The lowest BCUT2D eigenvalue weighted by atomic mass is 9.90. The SMILES string of the molecule is C=CC(=O)OCCCCOc1ccc(C(=O)Oc2ccc(OC(=O)OCCCC)c3c2C2CCC3C2)cc1. The second-order valence-corrected chi connectivity index (χ2v) is 9.49. The molecule has 1 saturated carbocycles. The van der Waals surface area contributed by atoms with Gasteiger partial charge in [-0.3, -0.25) is 0 Å². The van der Waals surface area contributed by atoms with Gasteiger partial charge >= 0.3 is 18.1 Å². The molecule has 0 saturated heterocycles. The van der Waals surface area contributed by atoms with Crippen molar-refractivity contribution in [1.29, 1.82) is 0 Å². The highest BCUT2D eigenvalue weighted by Crippen LogP contribution is 2.58. The molecule has 2 aliphatic rings. The Morgan fingerprint density at radius 1 is 0.842 bits per heavy atom. The minimum Gasteiger partial charge on any atom is -0.494 e. The van der Waals surface area contributed by atoms with Gasteiger partial charge in [0.15, 0.2) is 0 Å². The zero-order chi connectivity index (χ0) is 26.9. The van der Waals surface area contributed by atoms with Crippen LogP contribution in [-0.4, -0.2) is 37.9 Å². The standard InChI is InChI=1S/C30H34O8/c1-3-5-16-36-30(33)38-25-15-14-24(27-21-8-9-22(19-21)28(25)27)37-29(32)20-10-12-23(13-11-20)34-17-6-7-18-35-26(31)4-2/h4,10-15,21-22H,2-3,5-9,16-19H2,1H3. The van der Waals surface area contributed by atoms with Crippen LogP contribution in [0.2, 0.25) is 0 Å². The predicted octanol–water partition coefficient (Wildman–Crippen LogP) is 6.47. The Hall–Kier alpha value is -3.81. The summed E-state index contributed by atoms with van der Waals surface area (Å²) in [7, 11) is 0. The van der Waals surface area contributed by atoms with Crippen LogP contribution >= 0.6 is 0 Å². The van der Waals surface area contributed by atoms with Crippen LogP contribution in [0.15, 0.2) is 49.1 Å². The van der Waals surface area contributed by atoms with Crippen LogP contribution in [-0.2, 0) is 14.3 Å². The summed E-state index contributed by atoms with van der Waals surface area (Å²) in [6.07, 6.45) is 6.57. The second kappa shape index (κ2) is 13.1. The number of fused-ring (bicyclic) bond motifs is 5. The van der Waals surface area contributed by atoms with Gasteiger partial charge in [-0.05, 0) is 86.8 Å². The predicted molar refractivity (Wildman–Crippen MR) is 140 cm³/mol. The third-order valence-corrected chi connectivity index (χ3v) is 6.88. The minimum absolute atomic E-state index is 0.286. The average Bonchev–Trinajstić information content (AvgIpc) is 3.55. The van der Waals surface area contributed by atoms with Crippen molar-refractivity contribution in [3.63, 3.8) is 0 Å². The molecule has 0 aromatic heterocycles. The summed E-state index contributed by atoms with van der Waals surface area (Å²) in [5.41, 5.74) is 2.33. The number of carbonyl (C=O) groups excluding carboxylic acids is 3. The molecule has 2 bridgehead atoms. The number of esters is 2. The monoisotopic (exact) mass is 522 g/mol. The van der Waals surface area contributed by atoms with E-state index in [2.05, 4.69) is 6.58 Å². The van der Waals surface area contributed by atoms with E-state index in [0.717, 1.165) is 55.7 Å². The van der Waals surface area contributed by atoms with Crippen LogP contribution in [0.3, 0.4) is 0 Å². The molecule has 202 valence electrons. The molecule has 0 N–H and O–H groups in total. The van der Waals surface area contributed by atoms with E-state index in [1.54, 1.807) is 36.4 Å². The number of carbonyl (C=O) groups is 3. The molecule has 0 radical (unpaired) electrons. The number of hydrogen-bond donors (Lipinski definition) is 0. The van der Waals surface area contributed by atoms with Gasteiger partial charge in [0.05, 0.1) is 25.4 Å². The van der Waals surface area contributed by atoms with Crippen molar-refractivity contribution >= 4 is 18.1 Å². The highest BCUT2D eigenvalue weighted by Gasteiger charge is 2.42. The van der Waals surface area contributed by atoms with Crippen molar-refractivity contribution in [2.45, 2.75) is 63.7 Å². The van der Waals surface area contributed by atoms with Crippen LogP contribution in [0.25, 0.3) is 0 Å². The Morgan fingerprint density at radius 2 is 1.47 bits per heavy atom. The number of unbranched alkanes of at least 4 members (excludes halogenated alkanes) is 2. The zero-order valence-electron chi connectivity index (χ0n) is 21.7. The van der Waals surface area contributed by atoms with E-state index in [0.29, 0.717) is 49.1 Å². The summed E-state index contributed by atoms with van der Waals surface area (Å²) < 4.78 is 27.2. The fourth-order valence-corrected chi connectivity index (χ4v) is 5.01. The van der Waals surface area contributed by atoms with Crippen molar-refractivity contribution in [2.75, 3.05) is 19.8 Å². The first kappa shape index (κ1) is 27.2. The molecule has 2 atom stereocenters. The molecule has 4 rings (SSSR count). The van der Waals surface area contributed by atoms with Gasteiger partial charge in [0.2, 0.25) is 0 Å². The Kier molecular flexibility index (Phi) is 9.40. The molecular formula is C30H34O8. The number of hydrogen-bond acceptors (Lipinski definition) is 8. The highest BCUT2D eigenvalue weighted by molar-refractivity contribution is 5.91. The third kappa shape index (κ3) is 6.73. The second-order valence-electron chi connectivity index (χ2n) is 9.49. The van der Waals surface area contributed by atoms with E-state index in [9.17, 15) is 14.4 Å². The fraction of sp³-hybridized carbons (Fsp3) is 0.433. The van der Waals surface area contributed by atoms with Gasteiger partial charge in [0.1, 0.15) is 17.2 Å². The molecule has 0 spiro atoms. The first-order valence-corrected chi connectivity index (χ1v) is 13.3. The van der Waals surface area contributed by atoms with Crippen molar-refractivity contribution < 1.29 is 38.1 Å². The van der Waals surface area contributed by atoms with E-state index in [1.165, 1.54) is 0 Å². The van der Waals surface area contributed by atoms with Crippen LogP contribution in [0, 0.1) is 0 Å². The van der Waals surface area contributed by atoms with E-state index >= 15 is 0 Å². The van der Waals surface area contributed by atoms with Crippen molar-refractivity contribution in [2.24, 2.45) is 0 Å². The van der Waals surface area contributed by atoms with E-state index in [1.807, 2.05) is 6.92 Å². The molecule has 2 aliphatic carbocycles. The van der Waals surface area contributed by atoms with Crippen LogP contribution < -0.4 is 14.2 Å². The lowest BCUT2D eigenvalue weighted by Gasteiger charge is -2.21. The Balaban J connectivity index is 1.34. The Morgan fingerprint density at radius 3 is 2.13 bits per heavy atom. The summed E-state index contributed by atoms with van der Waals surface area (Å²) in [5.74, 6) is 1.33. The van der Waals surface area contributed by atoms with E-state index < -0.39 is 18.1 Å². The molecule has 0 aliphatic heterocycles. The molecule has 2 unspecified atom stereocenters. The first-order valence-electron chi connectivity index (χ1n) is 13.3. The topological polar surface area (TPSA) is 97.4 Å². The van der Waals surface area contributed by atoms with Crippen LogP contribution in [0.1, 0.15) is 85.2 Å². The van der Waals surface area contributed by atoms with Crippen molar-refractivity contribution in [3.8, 4) is 17.2 Å². The molecule has 2 aromatic rings. The van der Waals surface area contributed by atoms with Gasteiger partial charge in [0.25, 0.3) is 0 Å². The minimum atomic E-state index is -0.702.